The van der Waals surface area contributed by atoms with Crippen LogP contribution in [0.1, 0.15) is 12.8 Å². The number of fused-ring (bicyclic) bond motifs is 1. The Morgan fingerprint density at radius 3 is 2.51 bits per heavy atom. The van der Waals surface area contributed by atoms with Crippen LogP contribution in [0.25, 0.3) is 0 Å². The summed E-state index contributed by atoms with van der Waals surface area (Å²) < 4.78 is 38.7. The molecule has 3 aliphatic heterocycles. The van der Waals surface area contributed by atoms with Gasteiger partial charge < -0.3 is 44.3 Å². The van der Waals surface area contributed by atoms with Crippen LogP contribution in [0, 0.1) is 11.7 Å². The van der Waals surface area contributed by atoms with E-state index in [2.05, 4.69) is 32.5 Å². The zero-order valence-corrected chi connectivity index (χ0v) is 26.1. The molecule has 3 saturated heterocycles. The SMILES string of the molecule is CO[C@@H]1CO[C@H]2[C@@H]1OC[C@H]2Oc1nc(Nc2cc(NC(=O)C3CCN(C)CC3)c(N(C)CCN(C)C)cc2F)ncc1Cl. The summed E-state index contributed by atoms with van der Waals surface area (Å²) in [5.41, 5.74) is 1.18. The predicted octanol–water partition coefficient (Wildman–Crippen LogP) is 2.85. The number of carbonyl (C=O) groups is 1. The topological polar surface area (TPSA) is 114 Å². The summed E-state index contributed by atoms with van der Waals surface area (Å²) in [5.74, 6) is -0.513. The van der Waals surface area contributed by atoms with Crippen LogP contribution in [0.2, 0.25) is 5.02 Å². The molecule has 4 atom stereocenters. The molecule has 3 fully saturated rings. The molecule has 1 amide bonds. The number of hydrogen-bond donors (Lipinski definition) is 2. The minimum Gasteiger partial charge on any atom is -0.468 e. The van der Waals surface area contributed by atoms with Crippen LogP contribution in [0.4, 0.5) is 27.4 Å². The number of amides is 1. The van der Waals surface area contributed by atoms with Crippen LogP contribution in [0.15, 0.2) is 18.3 Å². The van der Waals surface area contributed by atoms with Crippen molar-refractivity contribution in [2.24, 2.45) is 5.92 Å². The molecule has 0 spiro atoms. The van der Waals surface area contributed by atoms with E-state index in [-0.39, 0.29) is 59.3 Å². The average molecular weight is 622 g/mol. The summed E-state index contributed by atoms with van der Waals surface area (Å²) in [5, 5.41) is 6.21. The highest BCUT2D eigenvalue weighted by Crippen LogP contribution is 2.35. The lowest BCUT2D eigenvalue weighted by atomic mass is 9.96. The van der Waals surface area contributed by atoms with Gasteiger partial charge in [0.05, 0.1) is 36.5 Å². The van der Waals surface area contributed by atoms with Gasteiger partial charge in [-0.2, -0.15) is 4.98 Å². The first-order valence-corrected chi connectivity index (χ1v) is 14.9. The van der Waals surface area contributed by atoms with Crippen LogP contribution in [-0.2, 0) is 19.0 Å². The molecular formula is C29H41ClFN7O5. The third kappa shape index (κ3) is 7.47. The van der Waals surface area contributed by atoms with Gasteiger partial charge in [0.25, 0.3) is 0 Å². The number of likely N-dealkylation sites (tertiary alicyclic amines) is 1. The summed E-state index contributed by atoms with van der Waals surface area (Å²) in [6.07, 6.45) is 1.76. The number of piperidine rings is 1. The molecular weight excluding hydrogens is 581 g/mol. The molecule has 0 saturated carbocycles. The first-order chi connectivity index (χ1) is 20.6. The van der Waals surface area contributed by atoms with E-state index in [1.807, 2.05) is 30.9 Å². The lowest BCUT2D eigenvalue weighted by Gasteiger charge is -2.29. The molecule has 5 rings (SSSR count). The smallest absolute Gasteiger partial charge is 0.237 e. The monoisotopic (exact) mass is 621 g/mol. The first-order valence-electron chi connectivity index (χ1n) is 14.5. The van der Waals surface area contributed by atoms with E-state index in [1.54, 1.807) is 13.2 Å². The number of nitrogens with one attached hydrogen (secondary N) is 2. The van der Waals surface area contributed by atoms with Crippen LogP contribution >= 0.6 is 11.6 Å². The number of ether oxygens (including phenoxy) is 4. The van der Waals surface area contributed by atoms with Gasteiger partial charge in [-0.15, -0.1) is 0 Å². The summed E-state index contributed by atoms with van der Waals surface area (Å²) in [7, 11) is 9.50. The molecule has 0 unspecified atom stereocenters. The van der Waals surface area contributed by atoms with Crippen LogP contribution < -0.4 is 20.3 Å². The third-order valence-electron chi connectivity index (χ3n) is 8.21. The largest absolute Gasteiger partial charge is 0.468 e. The third-order valence-corrected chi connectivity index (χ3v) is 8.47. The molecule has 3 aliphatic rings. The number of benzene rings is 1. The van der Waals surface area contributed by atoms with Crippen molar-refractivity contribution >= 4 is 40.5 Å². The molecule has 2 aromatic rings. The van der Waals surface area contributed by atoms with Crippen molar-refractivity contribution in [3.05, 3.63) is 29.2 Å². The summed E-state index contributed by atoms with van der Waals surface area (Å²) in [4.78, 5) is 28.1. The second kappa shape index (κ2) is 13.9. The van der Waals surface area contributed by atoms with Crippen molar-refractivity contribution in [1.82, 2.24) is 19.8 Å². The number of aromatic nitrogens is 2. The molecule has 2 N–H and O–H groups in total. The van der Waals surface area contributed by atoms with Crippen molar-refractivity contribution in [2.75, 3.05) is 90.2 Å². The normalized spacial score (nSPS) is 24.3. The molecule has 43 heavy (non-hydrogen) atoms. The van der Waals surface area contributed by atoms with E-state index >= 15 is 4.39 Å². The molecule has 0 aliphatic carbocycles. The molecule has 1 aromatic heterocycles. The fraction of sp³-hybridized carbons (Fsp3) is 0.621. The molecule has 236 valence electrons. The highest BCUT2D eigenvalue weighted by atomic mass is 35.5. The molecule has 12 nitrogen and oxygen atoms in total. The maximum Gasteiger partial charge on any atom is 0.237 e. The van der Waals surface area contributed by atoms with Gasteiger partial charge in [0.2, 0.25) is 17.7 Å². The van der Waals surface area contributed by atoms with E-state index in [0.717, 1.165) is 32.5 Å². The molecule has 0 bridgehead atoms. The Hall–Kier alpha value is -2.81. The molecule has 1 aromatic carbocycles. The van der Waals surface area contributed by atoms with Gasteiger partial charge in [0.1, 0.15) is 29.2 Å². The standard InChI is InChI=1S/C29H41ClFN7O5/c1-36(2)10-11-38(4)22-12-19(31)20(13-21(22)33-27(39)17-6-8-37(3)9-7-17)34-29-32-14-18(30)28(35-29)43-24-16-42-25-23(40-5)15-41-26(24)25/h12-14,17,23-26H,6-11,15-16H2,1-5H3,(H,33,39)(H,32,34,35)/t23-,24-,25-,26-/m1/s1. The van der Waals surface area contributed by atoms with Gasteiger partial charge in [-0.3, -0.25) is 4.79 Å². The predicted molar refractivity (Wildman–Crippen MR) is 162 cm³/mol. The van der Waals surface area contributed by atoms with Crippen molar-refractivity contribution in [3.8, 4) is 5.88 Å². The first kappa shape index (κ1) is 31.6. The number of carbonyl (C=O) groups excluding carboxylic acids is 1. The number of hydrogen-bond acceptors (Lipinski definition) is 11. The number of nitrogens with zero attached hydrogens (tertiary/aromatic N) is 5. The Morgan fingerprint density at radius 2 is 1.81 bits per heavy atom. The van der Waals surface area contributed by atoms with Gasteiger partial charge in [-0.25, -0.2) is 9.37 Å². The Balaban J connectivity index is 1.35. The number of likely N-dealkylation sites (N-methyl/N-ethyl adjacent to an activating group) is 2. The van der Waals surface area contributed by atoms with Gasteiger partial charge in [-0.05, 0) is 53.1 Å². The second-order valence-corrected chi connectivity index (χ2v) is 12.0. The Bertz CT molecular complexity index is 1280. The second-order valence-electron chi connectivity index (χ2n) is 11.6. The zero-order valence-electron chi connectivity index (χ0n) is 25.3. The maximum atomic E-state index is 15.6. The summed E-state index contributed by atoms with van der Waals surface area (Å²) in [6.45, 7) is 3.80. The number of halogens is 2. The van der Waals surface area contributed by atoms with Crippen molar-refractivity contribution in [2.45, 2.75) is 37.3 Å². The minimum atomic E-state index is -0.526. The van der Waals surface area contributed by atoms with Crippen LogP contribution in [0.5, 0.6) is 5.88 Å². The molecule has 14 heteroatoms. The highest BCUT2D eigenvalue weighted by molar-refractivity contribution is 6.31. The number of methoxy groups -OCH3 is 1. The van der Waals surface area contributed by atoms with E-state index in [1.165, 1.54) is 12.3 Å². The summed E-state index contributed by atoms with van der Waals surface area (Å²) in [6, 6.07) is 2.99. The fourth-order valence-electron chi connectivity index (χ4n) is 5.54. The molecule has 4 heterocycles. The van der Waals surface area contributed by atoms with E-state index in [0.29, 0.717) is 24.5 Å². The zero-order chi connectivity index (χ0) is 30.7. The number of rotatable bonds is 11. The Kier molecular flexibility index (Phi) is 10.2. The van der Waals surface area contributed by atoms with E-state index < -0.39 is 11.9 Å². The van der Waals surface area contributed by atoms with Crippen LogP contribution in [0.3, 0.4) is 0 Å². The lowest BCUT2D eigenvalue weighted by molar-refractivity contribution is -0.121. The highest BCUT2D eigenvalue weighted by Gasteiger charge is 2.49. The van der Waals surface area contributed by atoms with Gasteiger partial charge in [0.15, 0.2) is 6.10 Å². The van der Waals surface area contributed by atoms with Crippen molar-refractivity contribution in [1.29, 1.82) is 0 Å². The van der Waals surface area contributed by atoms with Crippen molar-refractivity contribution < 1.29 is 28.1 Å². The van der Waals surface area contributed by atoms with Gasteiger partial charge >= 0.3 is 0 Å². The van der Waals surface area contributed by atoms with Gasteiger partial charge in [0, 0.05) is 39.2 Å². The minimum absolute atomic E-state index is 0.0757. The average Bonchev–Trinajstić information content (AvgIpc) is 3.58. The van der Waals surface area contributed by atoms with Crippen LogP contribution in [-0.4, -0.2) is 125 Å². The number of anilines is 4. The van der Waals surface area contributed by atoms with E-state index in [9.17, 15) is 4.79 Å². The lowest BCUT2D eigenvalue weighted by Crippen LogP contribution is -2.36. The fourth-order valence-corrected chi connectivity index (χ4v) is 5.68. The Morgan fingerprint density at radius 1 is 1.12 bits per heavy atom. The quantitative estimate of drug-likeness (QED) is 0.386. The van der Waals surface area contributed by atoms with E-state index in [4.69, 9.17) is 30.5 Å². The Labute approximate surface area is 256 Å². The molecule has 0 radical (unpaired) electrons. The summed E-state index contributed by atoms with van der Waals surface area (Å²) >= 11 is 6.36. The maximum absolute atomic E-state index is 15.6. The van der Waals surface area contributed by atoms with Gasteiger partial charge in [-0.1, -0.05) is 11.6 Å². The van der Waals surface area contributed by atoms with Crippen molar-refractivity contribution in [3.63, 3.8) is 0 Å².